The fourth-order valence-corrected chi connectivity index (χ4v) is 6.92. The molecule has 0 spiro atoms. The summed E-state index contributed by atoms with van der Waals surface area (Å²) in [5, 5.41) is 32.0. The Bertz CT molecular complexity index is 780. The number of aliphatic hydroxyl groups is 3. The topological polar surface area (TPSA) is 94.8 Å². The van der Waals surface area contributed by atoms with Gasteiger partial charge in [0.2, 0.25) is 0 Å². The van der Waals surface area contributed by atoms with Crippen LogP contribution in [-0.4, -0.2) is 45.2 Å². The minimum absolute atomic E-state index is 0.0821. The molecule has 3 N–H and O–H groups in total. The van der Waals surface area contributed by atoms with E-state index in [1.54, 1.807) is 13.8 Å². The molecule has 0 aliphatic heterocycles. The summed E-state index contributed by atoms with van der Waals surface area (Å²) >= 11 is 0. The maximum Gasteiger partial charge on any atom is 0.190 e. The third kappa shape index (κ3) is 2.20. The highest BCUT2D eigenvalue weighted by atomic mass is 16.3. The molecule has 0 aromatic rings. The number of ketones is 2. The number of Topliss-reactive ketones (excluding diaryl/α,β-unsaturated/α-hetero) is 2. The number of carbonyl (C=O) groups excluding carboxylic acids is 2. The summed E-state index contributed by atoms with van der Waals surface area (Å²) in [4.78, 5) is 24.9. The molecule has 0 radical (unpaired) electrons. The Morgan fingerprint density at radius 1 is 1.35 bits per heavy atom. The second kappa shape index (κ2) is 5.86. The summed E-state index contributed by atoms with van der Waals surface area (Å²) in [6.07, 6.45) is -3.64. The Balaban J connectivity index is 1.80. The van der Waals surface area contributed by atoms with E-state index in [0.29, 0.717) is 12.8 Å². The van der Waals surface area contributed by atoms with E-state index in [0.717, 1.165) is 0 Å². The molecular weight excluding hydrogens is 332 g/mol. The minimum Gasteiger partial charge on any atom is -0.393 e. The van der Waals surface area contributed by atoms with Crippen molar-refractivity contribution in [1.29, 1.82) is 0 Å². The predicted molar refractivity (Wildman–Crippen MR) is 95.2 cm³/mol. The van der Waals surface area contributed by atoms with Crippen molar-refractivity contribution < 1.29 is 30.4 Å². The van der Waals surface area contributed by atoms with Crippen LogP contribution in [0.4, 0.5) is 0 Å². The second-order valence-electron chi connectivity index (χ2n) is 9.19. The van der Waals surface area contributed by atoms with Crippen molar-refractivity contribution in [2.24, 2.45) is 34.5 Å². The van der Waals surface area contributed by atoms with E-state index in [1.165, 1.54) is 0 Å². The first-order valence-corrected chi connectivity index (χ1v) is 9.66. The largest absolute Gasteiger partial charge is 0.393 e. The van der Waals surface area contributed by atoms with Crippen molar-refractivity contribution in [3.05, 3.63) is 0 Å². The van der Waals surface area contributed by atoms with Gasteiger partial charge in [-0.3, -0.25) is 9.59 Å². The van der Waals surface area contributed by atoms with E-state index in [-0.39, 0.29) is 31.1 Å². The first-order valence-electron chi connectivity index (χ1n) is 11.9. The SMILES string of the molecule is [2H]C1C(=O)C([2H])[C@]2([2H])CC[C@@H]3[C@H]([C@@H](O)C[C@@]4(C)[C@H]3CC[C@]4(O)C(=O)CO)[C@@]2(C)C1[2H]. The van der Waals surface area contributed by atoms with Crippen molar-refractivity contribution in [1.82, 2.24) is 0 Å². The molecule has 4 rings (SSSR count). The van der Waals surface area contributed by atoms with Gasteiger partial charge < -0.3 is 15.3 Å². The summed E-state index contributed by atoms with van der Waals surface area (Å²) in [5.74, 6) is -3.80. The van der Waals surface area contributed by atoms with Gasteiger partial charge in [0.25, 0.3) is 0 Å². The number of rotatable bonds is 2. The maximum atomic E-state index is 12.5. The summed E-state index contributed by atoms with van der Waals surface area (Å²) in [6.45, 7) is 2.70. The molecule has 4 fully saturated rings. The van der Waals surface area contributed by atoms with Crippen LogP contribution in [0.15, 0.2) is 0 Å². The van der Waals surface area contributed by atoms with Gasteiger partial charge in [-0.05, 0) is 67.6 Å². The van der Waals surface area contributed by atoms with Crippen LogP contribution in [0.3, 0.4) is 0 Å². The minimum atomic E-state index is -1.73. The van der Waals surface area contributed by atoms with E-state index in [2.05, 4.69) is 0 Å². The smallest absolute Gasteiger partial charge is 0.190 e. The molecule has 0 bridgehead atoms. The summed E-state index contributed by atoms with van der Waals surface area (Å²) in [5.41, 5.74) is -3.90. The van der Waals surface area contributed by atoms with Crippen molar-refractivity contribution in [3.63, 3.8) is 0 Å². The zero-order chi connectivity index (χ0) is 22.4. The second-order valence-corrected chi connectivity index (χ2v) is 9.19. The molecule has 0 aromatic carbocycles. The molecule has 3 unspecified atom stereocenters. The summed E-state index contributed by atoms with van der Waals surface area (Å²) in [6, 6.07) is 0. The Morgan fingerprint density at radius 3 is 2.77 bits per heavy atom. The number of aliphatic hydroxyl groups excluding tert-OH is 2. The van der Waals surface area contributed by atoms with Crippen molar-refractivity contribution >= 4 is 11.6 Å². The molecule has 146 valence electrons. The van der Waals surface area contributed by atoms with Crippen LogP contribution in [0, 0.1) is 34.5 Å². The fourth-order valence-electron chi connectivity index (χ4n) is 6.92. The monoisotopic (exact) mass is 368 g/mol. The van der Waals surface area contributed by atoms with Crippen LogP contribution in [0.5, 0.6) is 0 Å². The number of carbonyl (C=O) groups is 2. The maximum absolute atomic E-state index is 12.5. The first kappa shape index (κ1) is 14.3. The molecule has 0 heterocycles. The fraction of sp³-hybridized carbons (Fsp3) is 0.905. The van der Waals surface area contributed by atoms with Crippen molar-refractivity contribution in [2.45, 2.75) is 76.8 Å². The van der Waals surface area contributed by atoms with E-state index in [9.17, 15) is 24.9 Å². The van der Waals surface area contributed by atoms with Crippen LogP contribution in [0.25, 0.3) is 0 Å². The zero-order valence-electron chi connectivity index (χ0n) is 19.4. The van der Waals surface area contributed by atoms with Crippen LogP contribution in [0.2, 0.25) is 0 Å². The number of hydrogen-bond acceptors (Lipinski definition) is 5. The lowest BCUT2D eigenvalue weighted by Crippen LogP contribution is -2.63. The third-order valence-electron chi connectivity index (χ3n) is 8.25. The van der Waals surface area contributed by atoms with Gasteiger partial charge in [-0.15, -0.1) is 0 Å². The van der Waals surface area contributed by atoms with Gasteiger partial charge in [0.05, 0.1) is 6.10 Å². The Hall–Kier alpha value is -0.780. The van der Waals surface area contributed by atoms with Crippen LogP contribution in [-0.2, 0) is 9.59 Å². The normalized spacial score (nSPS) is 67.1. The quantitative estimate of drug-likeness (QED) is 0.692. The van der Waals surface area contributed by atoms with E-state index < -0.39 is 71.7 Å². The highest BCUT2D eigenvalue weighted by Crippen LogP contribution is 2.68. The molecule has 5 nitrogen and oxygen atoms in total. The standard InChI is InChI=1S/C21H32O5/c1-19-7-5-13(23)9-12(19)3-4-14-15-6-8-21(26,17(25)11-22)20(15,2)10-16(24)18(14)19/h12,14-16,18,22,24,26H,3-11H2,1-2H3/t12-,14-,15-,16-,18+,19-,20-,21-/m0/s1/i5D,7D,9D,12D/t5?,7?,9?,12-,14-,15-,16-,18+,19-,20-,21-. The van der Waals surface area contributed by atoms with Gasteiger partial charge in [-0.25, -0.2) is 0 Å². The van der Waals surface area contributed by atoms with Crippen molar-refractivity contribution in [2.75, 3.05) is 6.61 Å². The molecule has 4 saturated carbocycles. The molecule has 4 aliphatic carbocycles. The third-order valence-corrected chi connectivity index (χ3v) is 8.25. The van der Waals surface area contributed by atoms with Crippen LogP contribution in [0.1, 0.15) is 70.6 Å². The zero-order valence-corrected chi connectivity index (χ0v) is 15.4. The summed E-state index contributed by atoms with van der Waals surface area (Å²) in [7, 11) is 0. The molecule has 11 atom stereocenters. The Morgan fingerprint density at radius 2 is 2.08 bits per heavy atom. The average molecular weight is 369 g/mol. The first-order chi connectivity index (χ1) is 13.8. The Kier molecular flexibility index (Phi) is 3.21. The van der Waals surface area contributed by atoms with Gasteiger partial charge in [-0.1, -0.05) is 13.8 Å². The summed E-state index contributed by atoms with van der Waals surface area (Å²) < 4.78 is 34.4. The molecule has 0 amide bonds. The molecule has 0 saturated heterocycles. The molecular formula is C21H32O5. The van der Waals surface area contributed by atoms with Gasteiger partial charge in [0, 0.05) is 23.7 Å². The van der Waals surface area contributed by atoms with Gasteiger partial charge in [0.15, 0.2) is 5.78 Å². The van der Waals surface area contributed by atoms with Crippen LogP contribution >= 0.6 is 0 Å². The lowest BCUT2D eigenvalue weighted by atomic mass is 9.43. The van der Waals surface area contributed by atoms with Gasteiger partial charge in [-0.2, -0.15) is 0 Å². The lowest BCUT2D eigenvalue weighted by molar-refractivity contribution is -0.198. The Labute approximate surface area is 160 Å². The molecule has 5 heteroatoms. The molecule has 0 aromatic heterocycles. The van der Waals surface area contributed by atoms with Gasteiger partial charge >= 0.3 is 0 Å². The average Bonchev–Trinajstić information content (AvgIpc) is 2.98. The number of fused-ring (bicyclic) bond motifs is 5. The highest BCUT2D eigenvalue weighted by molar-refractivity contribution is 5.89. The van der Waals surface area contributed by atoms with Crippen molar-refractivity contribution in [3.8, 4) is 0 Å². The highest BCUT2D eigenvalue weighted by Gasteiger charge is 2.68. The number of hydrogen-bond donors (Lipinski definition) is 3. The van der Waals surface area contributed by atoms with Crippen LogP contribution < -0.4 is 0 Å². The lowest BCUT2D eigenvalue weighted by Gasteiger charge is -2.62. The molecule has 4 aliphatic rings. The molecule has 26 heavy (non-hydrogen) atoms. The van der Waals surface area contributed by atoms with Gasteiger partial charge in [0.1, 0.15) is 18.0 Å². The van der Waals surface area contributed by atoms with E-state index in [1.807, 2.05) is 0 Å². The van der Waals surface area contributed by atoms with E-state index in [4.69, 9.17) is 5.48 Å². The predicted octanol–water partition coefficient (Wildman–Crippen LogP) is 1.86. The van der Waals surface area contributed by atoms with E-state index >= 15 is 0 Å².